The molecule has 6 heteroatoms. The summed E-state index contributed by atoms with van der Waals surface area (Å²) in [6, 6.07) is 0. The Kier molecular flexibility index (Phi) is 5.64. The highest BCUT2D eigenvalue weighted by Crippen LogP contribution is 2.27. The van der Waals surface area contributed by atoms with Gasteiger partial charge in [-0.25, -0.2) is 4.98 Å². The molecule has 0 saturated carbocycles. The summed E-state index contributed by atoms with van der Waals surface area (Å²) in [6.07, 6.45) is 2.53. The molecular formula is C12H23N5O. The number of nitrogen functional groups attached to an aromatic ring is 1. The third-order valence-corrected chi connectivity index (χ3v) is 2.63. The summed E-state index contributed by atoms with van der Waals surface area (Å²) in [5.41, 5.74) is 6.53. The number of nitrogens with zero attached hydrogens (tertiary/aromatic N) is 4. The van der Waals surface area contributed by atoms with Crippen LogP contribution >= 0.6 is 0 Å². The number of likely N-dealkylation sites (N-methyl/N-ethyl adjacent to an activating group) is 1. The lowest BCUT2D eigenvalue weighted by Gasteiger charge is -2.26. The van der Waals surface area contributed by atoms with Crippen molar-refractivity contribution in [2.24, 2.45) is 0 Å². The highest BCUT2D eigenvalue weighted by molar-refractivity contribution is 5.67. The number of hydrogen-bond donors (Lipinski definition) is 1. The van der Waals surface area contributed by atoms with Crippen LogP contribution in [0.2, 0.25) is 0 Å². The van der Waals surface area contributed by atoms with Gasteiger partial charge in [0, 0.05) is 19.6 Å². The zero-order valence-electron chi connectivity index (χ0n) is 11.7. The van der Waals surface area contributed by atoms with Crippen LogP contribution in [0.4, 0.5) is 11.5 Å². The second-order valence-corrected chi connectivity index (χ2v) is 4.41. The molecule has 102 valence electrons. The quantitative estimate of drug-likeness (QED) is 0.777. The lowest BCUT2D eigenvalue weighted by molar-refractivity contribution is 0.398. The molecule has 0 amide bonds. The van der Waals surface area contributed by atoms with E-state index in [-0.39, 0.29) is 0 Å². The number of nitrogens with two attached hydrogens (primary N) is 1. The Hall–Kier alpha value is -1.56. The predicted octanol–water partition coefficient (Wildman–Crippen LogP) is 0.845. The summed E-state index contributed by atoms with van der Waals surface area (Å²) >= 11 is 0. The Bertz CT molecular complexity index is 369. The van der Waals surface area contributed by atoms with Crippen LogP contribution in [0.15, 0.2) is 6.33 Å². The van der Waals surface area contributed by atoms with Crippen molar-refractivity contribution < 1.29 is 4.74 Å². The van der Waals surface area contributed by atoms with Gasteiger partial charge in [-0.1, -0.05) is 6.92 Å². The van der Waals surface area contributed by atoms with Gasteiger partial charge in [-0.15, -0.1) is 0 Å². The highest BCUT2D eigenvalue weighted by atomic mass is 16.5. The van der Waals surface area contributed by atoms with Crippen LogP contribution in [0.5, 0.6) is 5.88 Å². The molecule has 1 aromatic rings. The van der Waals surface area contributed by atoms with Crippen molar-refractivity contribution in [2.75, 3.05) is 51.5 Å². The third-order valence-electron chi connectivity index (χ3n) is 2.63. The summed E-state index contributed by atoms with van der Waals surface area (Å²) in [4.78, 5) is 12.6. The molecule has 0 spiro atoms. The van der Waals surface area contributed by atoms with E-state index in [1.54, 1.807) is 7.11 Å². The SMILES string of the molecule is CCCN(CCN(C)C)c1ncnc(OC)c1N. The lowest BCUT2D eigenvalue weighted by atomic mass is 10.3. The Balaban J connectivity index is 2.90. The molecule has 0 bridgehead atoms. The van der Waals surface area contributed by atoms with E-state index in [4.69, 9.17) is 10.5 Å². The second-order valence-electron chi connectivity index (χ2n) is 4.41. The minimum Gasteiger partial charge on any atom is -0.479 e. The molecule has 18 heavy (non-hydrogen) atoms. The summed E-state index contributed by atoms with van der Waals surface area (Å²) in [6.45, 7) is 4.88. The number of anilines is 2. The maximum atomic E-state index is 6.03. The minimum absolute atomic E-state index is 0.436. The number of methoxy groups -OCH3 is 1. The van der Waals surface area contributed by atoms with Gasteiger partial charge >= 0.3 is 0 Å². The molecule has 1 rings (SSSR count). The van der Waals surface area contributed by atoms with Crippen molar-refractivity contribution >= 4 is 11.5 Å². The number of hydrogen-bond acceptors (Lipinski definition) is 6. The van der Waals surface area contributed by atoms with E-state index in [0.717, 1.165) is 31.9 Å². The van der Waals surface area contributed by atoms with Gasteiger partial charge in [0.25, 0.3) is 0 Å². The predicted molar refractivity (Wildman–Crippen MR) is 74.1 cm³/mol. The van der Waals surface area contributed by atoms with Gasteiger partial charge in [-0.2, -0.15) is 4.98 Å². The summed E-state index contributed by atoms with van der Waals surface area (Å²) in [5.74, 6) is 1.19. The van der Waals surface area contributed by atoms with Crippen LogP contribution in [0, 0.1) is 0 Å². The molecule has 0 radical (unpaired) electrons. The van der Waals surface area contributed by atoms with Gasteiger partial charge in [-0.05, 0) is 20.5 Å². The van der Waals surface area contributed by atoms with Crippen molar-refractivity contribution in [2.45, 2.75) is 13.3 Å². The molecule has 6 nitrogen and oxygen atoms in total. The minimum atomic E-state index is 0.436. The third kappa shape index (κ3) is 3.73. The Labute approximate surface area is 109 Å². The van der Waals surface area contributed by atoms with Crippen LogP contribution < -0.4 is 15.4 Å². The molecule has 2 N–H and O–H groups in total. The van der Waals surface area contributed by atoms with Crippen molar-refractivity contribution in [3.63, 3.8) is 0 Å². The van der Waals surface area contributed by atoms with E-state index in [1.165, 1.54) is 6.33 Å². The Morgan fingerprint density at radius 2 is 1.94 bits per heavy atom. The molecule has 0 fully saturated rings. The fourth-order valence-electron chi connectivity index (χ4n) is 1.70. The van der Waals surface area contributed by atoms with Crippen molar-refractivity contribution in [3.05, 3.63) is 6.33 Å². The molecule has 0 unspecified atom stereocenters. The van der Waals surface area contributed by atoms with Crippen LogP contribution in [-0.4, -0.2) is 55.7 Å². The topological polar surface area (TPSA) is 67.5 Å². The molecule has 0 aliphatic rings. The van der Waals surface area contributed by atoms with Gasteiger partial charge in [0.1, 0.15) is 12.0 Å². The molecule has 0 saturated heterocycles. The Morgan fingerprint density at radius 3 is 2.50 bits per heavy atom. The second kappa shape index (κ2) is 7.00. The van der Waals surface area contributed by atoms with Crippen molar-refractivity contribution in [1.29, 1.82) is 0 Å². The molecule has 0 aliphatic carbocycles. The zero-order valence-corrected chi connectivity index (χ0v) is 11.7. The monoisotopic (exact) mass is 253 g/mol. The number of rotatable bonds is 7. The summed E-state index contributed by atoms with van der Waals surface area (Å²) < 4.78 is 5.13. The van der Waals surface area contributed by atoms with E-state index in [0.29, 0.717) is 11.6 Å². The van der Waals surface area contributed by atoms with Gasteiger partial charge in [-0.3, -0.25) is 0 Å². The average molecular weight is 253 g/mol. The van der Waals surface area contributed by atoms with Gasteiger partial charge in [0.05, 0.1) is 7.11 Å². The van der Waals surface area contributed by atoms with Crippen LogP contribution in [0.3, 0.4) is 0 Å². The van der Waals surface area contributed by atoms with Crippen molar-refractivity contribution in [1.82, 2.24) is 14.9 Å². The van der Waals surface area contributed by atoms with E-state index < -0.39 is 0 Å². The molecule has 0 aromatic carbocycles. The van der Waals surface area contributed by atoms with E-state index >= 15 is 0 Å². The van der Waals surface area contributed by atoms with Crippen LogP contribution in [0.25, 0.3) is 0 Å². The van der Waals surface area contributed by atoms with E-state index in [9.17, 15) is 0 Å². The molecular weight excluding hydrogens is 230 g/mol. The first kappa shape index (κ1) is 14.5. The molecule has 1 heterocycles. The first-order valence-corrected chi connectivity index (χ1v) is 6.14. The largest absolute Gasteiger partial charge is 0.479 e. The van der Waals surface area contributed by atoms with Crippen molar-refractivity contribution in [3.8, 4) is 5.88 Å². The summed E-state index contributed by atoms with van der Waals surface area (Å²) in [7, 11) is 5.66. The van der Waals surface area contributed by atoms with E-state index in [2.05, 4.69) is 26.7 Å². The smallest absolute Gasteiger partial charge is 0.242 e. The fraction of sp³-hybridized carbons (Fsp3) is 0.667. The first-order chi connectivity index (χ1) is 8.60. The average Bonchev–Trinajstić information content (AvgIpc) is 2.35. The number of ether oxygens (including phenoxy) is 1. The molecule has 1 aromatic heterocycles. The number of aromatic nitrogens is 2. The normalized spacial score (nSPS) is 10.7. The first-order valence-electron chi connectivity index (χ1n) is 6.14. The van der Waals surface area contributed by atoms with E-state index in [1.807, 2.05) is 14.1 Å². The Morgan fingerprint density at radius 1 is 1.22 bits per heavy atom. The maximum absolute atomic E-state index is 6.03. The van der Waals surface area contributed by atoms with Crippen LogP contribution in [0.1, 0.15) is 13.3 Å². The highest BCUT2D eigenvalue weighted by Gasteiger charge is 2.14. The fourth-order valence-corrected chi connectivity index (χ4v) is 1.70. The van der Waals surface area contributed by atoms with Gasteiger partial charge < -0.3 is 20.3 Å². The maximum Gasteiger partial charge on any atom is 0.242 e. The summed E-state index contributed by atoms with van der Waals surface area (Å²) in [5, 5.41) is 0. The lowest BCUT2D eigenvalue weighted by Crippen LogP contribution is -2.33. The van der Waals surface area contributed by atoms with Gasteiger partial charge in [0.15, 0.2) is 5.82 Å². The van der Waals surface area contributed by atoms with Crippen LogP contribution in [-0.2, 0) is 0 Å². The standard InChI is InChI=1S/C12H23N5O/c1-5-6-17(8-7-16(2)3)11-10(13)12(18-4)15-9-14-11/h9H,5-8,13H2,1-4H3. The zero-order chi connectivity index (χ0) is 13.5. The molecule has 0 atom stereocenters. The molecule has 0 aliphatic heterocycles. The van der Waals surface area contributed by atoms with Gasteiger partial charge in [0.2, 0.25) is 5.88 Å².